The molecule has 0 saturated carbocycles. The molecule has 0 spiro atoms. The first-order valence-corrected chi connectivity index (χ1v) is 7.86. The van der Waals surface area contributed by atoms with Crippen molar-refractivity contribution in [2.24, 2.45) is 17.3 Å². The smallest absolute Gasteiger partial charge is 0.312 e. The van der Waals surface area contributed by atoms with Crippen LogP contribution in [-0.4, -0.2) is 24.8 Å². The number of carbonyl (C=O) groups excluding carboxylic acids is 1. The van der Waals surface area contributed by atoms with Crippen molar-refractivity contribution >= 4 is 5.97 Å². The van der Waals surface area contributed by atoms with Gasteiger partial charge in [0.15, 0.2) is 0 Å². The van der Waals surface area contributed by atoms with Crippen molar-refractivity contribution in [1.82, 2.24) is 0 Å². The summed E-state index contributed by atoms with van der Waals surface area (Å²) in [6, 6.07) is 0. The lowest BCUT2D eigenvalue weighted by molar-refractivity contribution is -0.162. The van der Waals surface area contributed by atoms with E-state index in [0.29, 0.717) is 19.1 Å². The Kier molecular flexibility index (Phi) is 7.79. The fourth-order valence-electron chi connectivity index (χ4n) is 2.12. The molecular weight excluding hydrogens is 252 g/mol. The van der Waals surface area contributed by atoms with Gasteiger partial charge >= 0.3 is 5.97 Å². The molecule has 1 atom stereocenters. The Hall–Kier alpha value is -0.570. The van der Waals surface area contributed by atoms with Gasteiger partial charge in [0, 0.05) is 0 Å². The maximum Gasteiger partial charge on any atom is 0.312 e. The summed E-state index contributed by atoms with van der Waals surface area (Å²) in [6.45, 7) is 17.4. The predicted octanol–water partition coefficient (Wildman–Crippen LogP) is 4.44. The fourth-order valence-corrected chi connectivity index (χ4v) is 2.12. The first kappa shape index (κ1) is 19.4. The molecule has 0 radical (unpaired) electrons. The fraction of sp³-hybridized carbons (Fsp3) is 0.941. The standard InChI is InChI=1S/C17H34O3/c1-9-16(6,7)20-11-10-19-15(18)17(8,14(4)5)12-13(2)3/h13-14H,9-12H2,1-8H3. The van der Waals surface area contributed by atoms with Crippen LogP contribution in [0.15, 0.2) is 0 Å². The second-order valence-electron chi connectivity index (χ2n) is 7.27. The van der Waals surface area contributed by atoms with E-state index in [9.17, 15) is 4.79 Å². The largest absolute Gasteiger partial charge is 0.463 e. The summed E-state index contributed by atoms with van der Waals surface area (Å²) < 4.78 is 11.2. The van der Waals surface area contributed by atoms with E-state index >= 15 is 0 Å². The van der Waals surface area contributed by atoms with Crippen molar-refractivity contribution in [3.05, 3.63) is 0 Å². The Bertz CT molecular complexity index is 295. The van der Waals surface area contributed by atoms with E-state index in [1.807, 2.05) is 20.8 Å². The zero-order valence-corrected chi connectivity index (χ0v) is 14.7. The van der Waals surface area contributed by atoms with Gasteiger partial charge in [-0.25, -0.2) is 0 Å². The SMILES string of the molecule is CCC(C)(C)OCCOC(=O)C(C)(CC(C)C)C(C)C. The molecule has 0 bridgehead atoms. The second kappa shape index (κ2) is 8.02. The summed E-state index contributed by atoms with van der Waals surface area (Å²) in [4.78, 5) is 12.4. The van der Waals surface area contributed by atoms with E-state index in [1.165, 1.54) is 0 Å². The number of rotatable bonds is 9. The molecule has 0 aromatic carbocycles. The zero-order chi connectivity index (χ0) is 16.0. The topological polar surface area (TPSA) is 35.5 Å². The van der Waals surface area contributed by atoms with Gasteiger partial charge in [0.1, 0.15) is 6.61 Å². The van der Waals surface area contributed by atoms with Crippen molar-refractivity contribution in [2.75, 3.05) is 13.2 Å². The van der Waals surface area contributed by atoms with Crippen LogP contribution < -0.4 is 0 Å². The van der Waals surface area contributed by atoms with Crippen LogP contribution in [0.3, 0.4) is 0 Å². The highest BCUT2D eigenvalue weighted by molar-refractivity contribution is 5.76. The third kappa shape index (κ3) is 6.25. The van der Waals surface area contributed by atoms with Gasteiger partial charge < -0.3 is 9.47 Å². The van der Waals surface area contributed by atoms with E-state index in [0.717, 1.165) is 12.8 Å². The minimum absolute atomic E-state index is 0.0981. The van der Waals surface area contributed by atoms with Gasteiger partial charge in [-0.05, 0) is 45.4 Å². The molecule has 0 aliphatic rings. The van der Waals surface area contributed by atoms with E-state index in [1.54, 1.807) is 0 Å². The van der Waals surface area contributed by atoms with Crippen LogP contribution >= 0.6 is 0 Å². The predicted molar refractivity (Wildman–Crippen MR) is 83.7 cm³/mol. The second-order valence-corrected chi connectivity index (χ2v) is 7.27. The third-order valence-electron chi connectivity index (χ3n) is 4.23. The summed E-state index contributed by atoms with van der Waals surface area (Å²) in [5.74, 6) is 0.648. The molecule has 3 nitrogen and oxygen atoms in total. The minimum atomic E-state index is -0.408. The van der Waals surface area contributed by atoms with Crippen molar-refractivity contribution in [2.45, 2.75) is 73.8 Å². The molecule has 120 valence electrons. The van der Waals surface area contributed by atoms with Gasteiger partial charge in [0.25, 0.3) is 0 Å². The van der Waals surface area contributed by atoms with Gasteiger partial charge in [0.2, 0.25) is 0 Å². The maximum atomic E-state index is 12.4. The van der Waals surface area contributed by atoms with E-state index in [4.69, 9.17) is 9.47 Å². The molecule has 0 heterocycles. The van der Waals surface area contributed by atoms with Crippen LogP contribution in [0.5, 0.6) is 0 Å². The third-order valence-corrected chi connectivity index (χ3v) is 4.23. The molecule has 0 aromatic rings. The summed E-state index contributed by atoms with van der Waals surface area (Å²) in [5.41, 5.74) is -0.555. The van der Waals surface area contributed by atoms with Gasteiger partial charge in [0.05, 0.1) is 17.6 Å². The lowest BCUT2D eigenvalue weighted by Gasteiger charge is -2.33. The Morgan fingerprint density at radius 1 is 1.05 bits per heavy atom. The first-order valence-electron chi connectivity index (χ1n) is 7.86. The summed E-state index contributed by atoms with van der Waals surface area (Å²) in [5, 5.41) is 0. The zero-order valence-electron chi connectivity index (χ0n) is 14.7. The van der Waals surface area contributed by atoms with Crippen molar-refractivity contribution in [3.63, 3.8) is 0 Å². The molecule has 0 aromatic heterocycles. The number of esters is 1. The van der Waals surface area contributed by atoms with Crippen LogP contribution in [-0.2, 0) is 14.3 Å². The van der Waals surface area contributed by atoms with Crippen molar-refractivity contribution in [3.8, 4) is 0 Å². The first-order chi connectivity index (χ1) is 9.05. The molecule has 0 aliphatic carbocycles. The number of hydrogen-bond donors (Lipinski definition) is 0. The number of carbonyl (C=O) groups is 1. The van der Waals surface area contributed by atoms with Gasteiger partial charge in [-0.15, -0.1) is 0 Å². The Morgan fingerprint density at radius 2 is 1.60 bits per heavy atom. The van der Waals surface area contributed by atoms with Crippen LogP contribution in [0.25, 0.3) is 0 Å². The van der Waals surface area contributed by atoms with Crippen LogP contribution in [0.2, 0.25) is 0 Å². The monoisotopic (exact) mass is 286 g/mol. The van der Waals surface area contributed by atoms with E-state index < -0.39 is 5.41 Å². The molecule has 0 amide bonds. The van der Waals surface area contributed by atoms with Crippen molar-refractivity contribution < 1.29 is 14.3 Å². The van der Waals surface area contributed by atoms with Crippen molar-refractivity contribution in [1.29, 1.82) is 0 Å². The molecule has 3 heteroatoms. The quantitative estimate of drug-likeness (QED) is 0.464. The van der Waals surface area contributed by atoms with Gasteiger partial charge in [-0.3, -0.25) is 4.79 Å². The average Bonchev–Trinajstić information content (AvgIpc) is 2.33. The molecule has 1 unspecified atom stereocenters. The van der Waals surface area contributed by atoms with E-state index in [-0.39, 0.29) is 17.5 Å². The molecule has 0 aliphatic heterocycles. The lowest BCUT2D eigenvalue weighted by Crippen LogP contribution is -2.37. The van der Waals surface area contributed by atoms with Crippen LogP contribution in [0.4, 0.5) is 0 Å². The van der Waals surface area contributed by atoms with Gasteiger partial charge in [-0.1, -0.05) is 34.6 Å². The number of hydrogen-bond acceptors (Lipinski definition) is 3. The Morgan fingerprint density at radius 3 is 2.00 bits per heavy atom. The molecule has 0 saturated heterocycles. The van der Waals surface area contributed by atoms with E-state index in [2.05, 4.69) is 34.6 Å². The van der Waals surface area contributed by atoms with Crippen LogP contribution in [0.1, 0.15) is 68.2 Å². The molecule has 0 N–H and O–H groups in total. The highest BCUT2D eigenvalue weighted by Crippen LogP contribution is 2.35. The highest BCUT2D eigenvalue weighted by Gasteiger charge is 2.38. The Balaban J connectivity index is 4.36. The Labute approximate surface area is 125 Å². The average molecular weight is 286 g/mol. The minimum Gasteiger partial charge on any atom is -0.463 e. The maximum absolute atomic E-state index is 12.4. The number of ether oxygens (including phenoxy) is 2. The highest BCUT2D eigenvalue weighted by atomic mass is 16.6. The summed E-state index contributed by atoms with van der Waals surface area (Å²) in [7, 11) is 0. The summed E-state index contributed by atoms with van der Waals surface area (Å²) in [6.07, 6.45) is 1.79. The lowest BCUT2D eigenvalue weighted by atomic mass is 9.73. The molecule has 20 heavy (non-hydrogen) atoms. The van der Waals surface area contributed by atoms with Gasteiger partial charge in [-0.2, -0.15) is 0 Å². The summed E-state index contributed by atoms with van der Waals surface area (Å²) >= 11 is 0. The normalized spacial score (nSPS) is 15.5. The molecular formula is C17H34O3. The molecule has 0 fully saturated rings. The van der Waals surface area contributed by atoms with Crippen LogP contribution in [0, 0.1) is 17.3 Å². The molecule has 0 rings (SSSR count).